The first-order chi connectivity index (χ1) is 5.24. The third kappa shape index (κ3) is 2.24. The Labute approximate surface area is 68.8 Å². The normalized spacial score (nSPS) is 38.1. The molecule has 1 aliphatic rings. The Morgan fingerprint density at radius 1 is 1.55 bits per heavy atom. The van der Waals surface area contributed by atoms with Crippen LogP contribution < -0.4 is 0 Å². The molecule has 3 unspecified atom stereocenters. The molecule has 1 rings (SSSR count). The summed E-state index contributed by atoms with van der Waals surface area (Å²) < 4.78 is 0. The van der Waals surface area contributed by atoms with Gasteiger partial charge in [-0.3, -0.25) is 0 Å². The number of aliphatic hydroxyl groups excluding tert-OH is 1. The van der Waals surface area contributed by atoms with Crippen LogP contribution in [0.4, 0.5) is 0 Å². The second kappa shape index (κ2) is 3.78. The fraction of sp³-hybridized carbons (Fsp3) is 0.800. The molecule has 0 heterocycles. The maximum atomic E-state index is 9.52. The van der Waals surface area contributed by atoms with Crippen LogP contribution in [0.1, 0.15) is 32.6 Å². The van der Waals surface area contributed by atoms with Gasteiger partial charge in [0.25, 0.3) is 0 Å². The summed E-state index contributed by atoms with van der Waals surface area (Å²) in [6, 6.07) is 0. The lowest BCUT2D eigenvalue weighted by Crippen LogP contribution is -2.27. The van der Waals surface area contributed by atoms with Gasteiger partial charge in [-0.15, -0.1) is 12.3 Å². The van der Waals surface area contributed by atoms with Gasteiger partial charge in [0.2, 0.25) is 0 Å². The second-order valence-electron chi connectivity index (χ2n) is 3.65. The minimum atomic E-state index is -0.137. The zero-order valence-electron chi connectivity index (χ0n) is 7.09. The average molecular weight is 152 g/mol. The van der Waals surface area contributed by atoms with Crippen molar-refractivity contribution < 1.29 is 5.11 Å². The average Bonchev–Trinajstić information content (AvgIpc) is 1.98. The van der Waals surface area contributed by atoms with Gasteiger partial charge in [-0.2, -0.15) is 0 Å². The lowest BCUT2D eigenvalue weighted by molar-refractivity contribution is 0.0543. The van der Waals surface area contributed by atoms with Crippen molar-refractivity contribution in [2.45, 2.75) is 38.7 Å². The van der Waals surface area contributed by atoms with E-state index in [9.17, 15) is 5.11 Å². The highest BCUT2D eigenvalue weighted by atomic mass is 16.3. The molecule has 0 aromatic carbocycles. The van der Waals surface area contributed by atoms with Gasteiger partial charge < -0.3 is 5.11 Å². The monoisotopic (exact) mass is 152 g/mol. The highest BCUT2D eigenvalue weighted by Crippen LogP contribution is 2.30. The number of hydrogen-bond donors (Lipinski definition) is 1. The fourth-order valence-electron chi connectivity index (χ4n) is 1.85. The smallest absolute Gasteiger partial charge is 0.0577 e. The summed E-state index contributed by atoms with van der Waals surface area (Å²) in [5, 5.41) is 9.52. The molecule has 3 atom stereocenters. The van der Waals surface area contributed by atoms with Crippen LogP contribution in [0.5, 0.6) is 0 Å². The quantitative estimate of drug-likeness (QED) is 0.568. The molecule has 0 amide bonds. The number of terminal acetylenes is 1. The molecule has 0 aromatic heterocycles. The summed E-state index contributed by atoms with van der Waals surface area (Å²) in [6.07, 6.45) is 9.01. The van der Waals surface area contributed by atoms with Crippen molar-refractivity contribution in [3.8, 4) is 12.3 Å². The number of rotatable bonds is 1. The molecule has 1 nitrogen and oxygen atoms in total. The van der Waals surface area contributed by atoms with Crippen molar-refractivity contribution in [1.82, 2.24) is 0 Å². The first-order valence-corrected chi connectivity index (χ1v) is 4.35. The van der Waals surface area contributed by atoms with Gasteiger partial charge in [0.1, 0.15) is 0 Å². The van der Waals surface area contributed by atoms with E-state index in [2.05, 4.69) is 12.8 Å². The Kier molecular flexibility index (Phi) is 2.96. The molecule has 1 N–H and O–H groups in total. The van der Waals surface area contributed by atoms with Gasteiger partial charge >= 0.3 is 0 Å². The Balaban J connectivity index is 2.42. The summed E-state index contributed by atoms with van der Waals surface area (Å²) in [5.41, 5.74) is 0. The van der Waals surface area contributed by atoms with Gasteiger partial charge in [-0.25, -0.2) is 0 Å². The van der Waals surface area contributed by atoms with Crippen LogP contribution in [0.3, 0.4) is 0 Å². The van der Waals surface area contributed by atoms with Crippen LogP contribution >= 0.6 is 0 Å². The van der Waals surface area contributed by atoms with Gasteiger partial charge in [-0.05, 0) is 31.1 Å². The third-order valence-corrected chi connectivity index (χ3v) is 2.58. The number of hydrogen-bond acceptors (Lipinski definition) is 1. The van der Waals surface area contributed by atoms with E-state index in [1.54, 1.807) is 0 Å². The Bertz CT molecular complexity index is 157. The van der Waals surface area contributed by atoms with Crippen molar-refractivity contribution in [3.05, 3.63) is 0 Å². The molecule has 1 saturated carbocycles. The molecule has 1 heteroatoms. The molecule has 0 radical (unpaired) electrons. The van der Waals surface area contributed by atoms with Crippen LogP contribution in [-0.4, -0.2) is 11.2 Å². The first kappa shape index (κ1) is 8.62. The van der Waals surface area contributed by atoms with Gasteiger partial charge in [0, 0.05) is 6.42 Å². The summed E-state index contributed by atoms with van der Waals surface area (Å²) in [6.45, 7) is 2.23. The zero-order chi connectivity index (χ0) is 8.27. The van der Waals surface area contributed by atoms with Crippen molar-refractivity contribution >= 4 is 0 Å². The molecule has 0 aliphatic heterocycles. The van der Waals surface area contributed by atoms with E-state index >= 15 is 0 Å². The van der Waals surface area contributed by atoms with E-state index in [0.717, 1.165) is 31.6 Å². The molecule has 0 bridgehead atoms. The third-order valence-electron chi connectivity index (χ3n) is 2.58. The van der Waals surface area contributed by atoms with Crippen LogP contribution in [0.2, 0.25) is 0 Å². The van der Waals surface area contributed by atoms with E-state index in [-0.39, 0.29) is 6.10 Å². The van der Waals surface area contributed by atoms with E-state index in [1.165, 1.54) is 0 Å². The highest BCUT2D eigenvalue weighted by Gasteiger charge is 2.25. The second-order valence-corrected chi connectivity index (χ2v) is 3.65. The lowest BCUT2D eigenvalue weighted by Gasteiger charge is -2.30. The maximum absolute atomic E-state index is 9.52. The van der Waals surface area contributed by atoms with E-state index in [4.69, 9.17) is 6.42 Å². The molecular formula is C10H16O. The zero-order valence-corrected chi connectivity index (χ0v) is 7.09. The van der Waals surface area contributed by atoms with E-state index in [0.29, 0.717) is 5.92 Å². The largest absolute Gasteiger partial charge is 0.393 e. The Hall–Kier alpha value is -0.480. The minimum absolute atomic E-state index is 0.137. The molecule has 0 aromatic rings. The molecule has 11 heavy (non-hydrogen) atoms. The maximum Gasteiger partial charge on any atom is 0.0577 e. The standard InChI is InChI=1S/C10H16O/c1-3-4-9-7-8(2)5-6-10(9)11/h1,8-11H,4-7H2,2H3. The number of aliphatic hydroxyl groups is 1. The van der Waals surface area contributed by atoms with Gasteiger partial charge in [0.05, 0.1) is 6.10 Å². The van der Waals surface area contributed by atoms with Crippen LogP contribution in [0.15, 0.2) is 0 Å². The predicted molar refractivity (Wildman–Crippen MR) is 46.0 cm³/mol. The molecule has 0 spiro atoms. The predicted octanol–water partition coefficient (Wildman–Crippen LogP) is 1.81. The summed E-state index contributed by atoms with van der Waals surface area (Å²) in [5.74, 6) is 3.74. The SMILES string of the molecule is C#CCC1CC(C)CCC1O. The van der Waals surface area contributed by atoms with Gasteiger partial charge in [-0.1, -0.05) is 6.92 Å². The molecule has 0 saturated heterocycles. The first-order valence-electron chi connectivity index (χ1n) is 4.35. The van der Waals surface area contributed by atoms with Crippen LogP contribution in [0, 0.1) is 24.2 Å². The van der Waals surface area contributed by atoms with Crippen molar-refractivity contribution in [2.75, 3.05) is 0 Å². The van der Waals surface area contributed by atoms with Crippen molar-refractivity contribution in [2.24, 2.45) is 11.8 Å². The summed E-state index contributed by atoms with van der Waals surface area (Å²) >= 11 is 0. The molecule has 1 aliphatic carbocycles. The summed E-state index contributed by atoms with van der Waals surface area (Å²) in [7, 11) is 0. The topological polar surface area (TPSA) is 20.2 Å². The van der Waals surface area contributed by atoms with E-state index in [1.807, 2.05) is 0 Å². The lowest BCUT2D eigenvalue weighted by atomic mass is 9.79. The molecule has 1 fully saturated rings. The minimum Gasteiger partial charge on any atom is -0.393 e. The molecule has 62 valence electrons. The fourth-order valence-corrected chi connectivity index (χ4v) is 1.85. The Morgan fingerprint density at radius 2 is 2.27 bits per heavy atom. The molecular weight excluding hydrogens is 136 g/mol. The van der Waals surface area contributed by atoms with Gasteiger partial charge in [0.15, 0.2) is 0 Å². The van der Waals surface area contributed by atoms with E-state index < -0.39 is 0 Å². The van der Waals surface area contributed by atoms with Crippen molar-refractivity contribution in [1.29, 1.82) is 0 Å². The van der Waals surface area contributed by atoms with Crippen LogP contribution in [0.25, 0.3) is 0 Å². The summed E-state index contributed by atoms with van der Waals surface area (Å²) in [4.78, 5) is 0. The Morgan fingerprint density at radius 3 is 2.91 bits per heavy atom. The highest BCUT2D eigenvalue weighted by molar-refractivity contribution is 4.91. The van der Waals surface area contributed by atoms with Crippen LogP contribution in [-0.2, 0) is 0 Å². The van der Waals surface area contributed by atoms with Crippen molar-refractivity contribution in [3.63, 3.8) is 0 Å².